The zero-order valence-corrected chi connectivity index (χ0v) is 20.0. The Morgan fingerprint density at radius 1 is 0.818 bits per heavy atom. The van der Waals surface area contributed by atoms with Crippen molar-refractivity contribution in [3.05, 3.63) is 45.6 Å². The van der Waals surface area contributed by atoms with E-state index in [-0.39, 0.29) is 11.5 Å². The van der Waals surface area contributed by atoms with Crippen LogP contribution in [0.4, 0.5) is 0 Å². The van der Waals surface area contributed by atoms with Gasteiger partial charge in [-0.3, -0.25) is 4.79 Å². The van der Waals surface area contributed by atoms with Gasteiger partial charge in [0.25, 0.3) is 0 Å². The molecule has 1 aromatic heterocycles. The van der Waals surface area contributed by atoms with Gasteiger partial charge in [-0.15, -0.1) is 0 Å². The molecule has 2 aromatic carbocycles. The van der Waals surface area contributed by atoms with Crippen molar-refractivity contribution in [2.75, 3.05) is 14.2 Å². The average molecular weight is 455 g/mol. The molecule has 0 spiro atoms. The number of benzene rings is 2. The molecule has 2 N–H and O–H groups in total. The second kappa shape index (κ2) is 11.1. The topological polar surface area (TPSA) is 89.1 Å². The van der Waals surface area contributed by atoms with Crippen LogP contribution in [0.25, 0.3) is 22.3 Å². The molecule has 0 amide bonds. The van der Waals surface area contributed by atoms with Gasteiger partial charge in [-0.1, -0.05) is 39.5 Å². The Kier molecular flexibility index (Phi) is 8.26. The number of ether oxygens (including phenoxy) is 2. The van der Waals surface area contributed by atoms with Gasteiger partial charge in [-0.2, -0.15) is 0 Å². The van der Waals surface area contributed by atoms with Crippen LogP contribution in [0.2, 0.25) is 0 Å². The molecule has 6 heteroatoms. The lowest BCUT2D eigenvalue weighted by atomic mass is 9.96. The second-order valence-corrected chi connectivity index (χ2v) is 8.36. The molecular formula is C27H34O6. The van der Waals surface area contributed by atoms with Crippen molar-refractivity contribution >= 4 is 11.0 Å². The van der Waals surface area contributed by atoms with E-state index < -0.39 is 11.2 Å². The minimum atomic E-state index is -0.505. The number of rotatable bonds is 11. The summed E-state index contributed by atoms with van der Waals surface area (Å²) in [7, 11) is 3.10. The minimum Gasteiger partial charge on any atom is -0.507 e. The summed E-state index contributed by atoms with van der Waals surface area (Å²) in [6.45, 7) is 4.24. The average Bonchev–Trinajstić information content (AvgIpc) is 2.81. The first-order valence-corrected chi connectivity index (χ1v) is 11.7. The van der Waals surface area contributed by atoms with Gasteiger partial charge in [0.2, 0.25) is 11.2 Å². The van der Waals surface area contributed by atoms with E-state index in [1.54, 1.807) is 13.2 Å². The fourth-order valence-corrected chi connectivity index (χ4v) is 4.21. The van der Waals surface area contributed by atoms with Gasteiger partial charge in [0, 0.05) is 12.1 Å². The van der Waals surface area contributed by atoms with Gasteiger partial charge < -0.3 is 24.1 Å². The molecule has 1 heterocycles. The smallest absolute Gasteiger partial charge is 0.235 e. The highest BCUT2D eigenvalue weighted by Gasteiger charge is 2.24. The first-order valence-electron chi connectivity index (χ1n) is 11.7. The van der Waals surface area contributed by atoms with Crippen molar-refractivity contribution in [1.29, 1.82) is 0 Å². The maximum absolute atomic E-state index is 13.3. The van der Waals surface area contributed by atoms with E-state index in [1.807, 2.05) is 12.1 Å². The van der Waals surface area contributed by atoms with Crippen LogP contribution in [0.1, 0.15) is 63.5 Å². The first kappa shape index (κ1) is 24.5. The molecule has 6 nitrogen and oxygen atoms in total. The molecule has 0 unspecified atom stereocenters. The SMILES string of the molecule is CCCCCc1cc(OC)cc(O)c1-c1oc2cc(OC)cc(CCCCC)c2c(=O)c1O. The Morgan fingerprint density at radius 3 is 2.00 bits per heavy atom. The number of aryl methyl sites for hydroxylation is 2. The molecule has 0 atom stereocenters. The monoisotopic (exact) mass is 454 g/mol. The summed E-state index contributed by atoms with van der Waals surface area (Å²) in [5.41, 5.74) is 1.68. The van der Waals surface area contributed by atoms with Crippen molar-refractivity contribution in [2.24, 2.45) is 0 Å². The fourth-order valence-electron chi connectivity index (χ4n) is 4.21. The van der Waals surface area contributed by atoms with Crippen LogP contribution in [-0.2, 0) is 12.8 Å². The summed E-state index contributed by atoms with van der Waals surface area (Å²) in [6, 6.07) is 6.76. The van der Waals surface area contributed by atoms with Crippen molar-refractivity contribution in [3.8, 4) is 34.3 Å². The number of methoxy groups -OCH3 is 2. The molecule has 0 fully saturated rings. The van der Waals surface area contributed by atoms with E-state index >= 15 is 0 Å². The second-order valence-electron chi connectivity index (χ2n) is 8.36. The zero-order valence-electron chi connectivity index (χ0n) is 20.0. The Balaban J connectivity index is 2.24. The molecule has 0 aliphatic heterocycles. The van der Waals surface area contributed by atoms with Gasteiger partial charge in [0.1, 0.15) is 22.8 Å². The molecule has 3 rings (SSSR count). The van der Waals surface area contributed by atoms with Crippen LogP contribution < -0.4 is 14.9 Å². The highest BCUT2D eigenvalue weighted by molar-refractivity contribution is 5.87. The normalized spacial score (nSPS) is 11.2. The predicted molar refractivity (Wildman–Crippen MR) is 131 cm³/mol. The summed E-state index contributed by atoms with van der Waals surface area (Å²) in [6.07, 6.45) is 7.30. The Hall–Kier alpha value is -3.15. The maximum Gasteiger partial charge on any atom is 0.235 e. The van der Waals surface area contributed by atoms with Gasteiger partial charge in [0.05, 0.1) is 25.2 Å². The zero-order chi connectivity index (χ0) is 24.0. The third-order valence-corrected chi connectivity index (χ3v) is 6.00. The standard InChI is InChI=1S/C27H34O6/c1-5-7-9-11-17-13-19(31-3)15-21(28)23(17)27-26(30)25(29)24-18(12-10-8-6-2)14-20(32-4)16-22(24)33-27/h13-16,28,30H,5-12H2,1-4H3. The largest absolute Gasteiger partial charge is 0.507 e. The van der Waals surface area contributed by atoms with Crippen LogP contribution in [0.5, 0.6) is 23.0 Å². The lowest BCUT2D eigenvalue weighted by Crippen LogP contribution is -2.07. The molecule has 0 radical (unpaired) electrons. The van der Waals surface area contributed by atoms with E-state index in [2.05, 4.69) is 13.8 Å². The quantitative estimate of drug-likeness (QED) is 0.328. The van der Waals surface area contributed by atoms with E-state index in [9.17, 15) is 15.0 Å². The summed E-state index contributed by atoms with van der Waals surface area (Å²) in [5.74, 6) is 0.444. The summed E-state index contributed by atoms with van der Waals surface area (Å²) >= 11 is 0. The molecular weight excluding hydrogens is 420 g/mol. The number of unbranched alkanes of at least 4 members (excludes halogenated alkanes) is 4. The van der Waals surface area contributed by atoms with Gasteiger partial charge in [-0.25, -0.2) is 0 Å². The van der Waals surface area contributed by atoms with E-state index in [0.717, 1.165) is 49.7 Å². The highest BCUT2D eigenvalue weighted by atomic mass is 16.5. The molecule has 0 saturated heterocycles. The molecule has 0 saturated carbocycles. The molecule has 0 bridgehead atoms. The van der Waals surface area contributed by atoms with Gasteiger partial charge >= 0.3 is 0 Å². The van der Waals surface area contributed by atoms with Crippen LogP contribution in [0.3, 0.4) is 0 Å². The van der Waals surface area contributed by atoms with Gasteiger partial charge in [-0.05, 0) is 48.9 Å². The summed E-state index contributed by atoms with van der Waals surface area (Å²) in [4.78, 5) is 13.3. The third-order valence-electron chi connectivity index (χ3n) is 6.00. The number of phenolic OH excluding ortho intramolecular Hbond substituents is 1. The molecule has 3 aromatic rings. The number of fused-ring (bicyclic) bond motifs is 1. The first-order chi connectivity index (χ1) is 15.9. The molecule has 0 aliphatic carbocycles. The van der Waals surface area contributed by atoms with Crippen LogP contribution >= 0.6 is 0 Å². The van der Waals surface area contributed by atoms with E-state index in [0.29, 0.717) is 40.9 Å². The summed E-state index contributed by atoms with van der Waals surface area (Å²) in [5, 5.41) is 22.1. The fraction of sp³-hybridized carbons (Fsp3) is 0.444. The van der Waals surface area contributed by atoms with E-state index in [4.69, 9.17) is 13.9 Å². The Bertz CT molecular complexity index is 1160. The highest BCUT2D eigenvalue weighted by Crippen LogP contribution is 2.42. The van der Waals surface area contributed by atoms with Crippen molar-refractivity contribution in [1.82, 2.24) is 0 Å². The van der Waals surface area contributed by atoms with Crippen molar-refractivity contribution in [2.45, 2.75) is 65.2 Å². The number of phenols is 1. The Labute approximate surface area is 194 Å². The van der Waals surface area contributed by atoms with Crippen molar-refractivity contribution < 1.29 is 24.1 Å². The predicted octanol–water partition coefficient (Wildman–Crippen LogP) is 6.35. The maximum atomic E-state index is 13.3. The van der Waals surface area contributed by atoms with Gasteiger partial charge in [0.15, 0.2) is 5.76 Å². The van der Waals surface area contributed by atoms with Crippen LogP contribution in [0, 0.1) is 0 Å². The molecule has 0 aliphatic rings. The lowest BCUT2D eigenvalue weighted by molar-refractivity contribution is 0.405. The Morgan fingerprint density at radius 2 is 1.39 bits per heavy atom. The third kappa shape index (κ3) is 5.27. The number of hydrogen-bond donors (Lipinski definition) is 2. The molecule has 33 heavy (non-hydrogen) atoms. The van der Waals surface area contributed by atoms with Crippen LogP contribution in [-0.4, -0.2) is 24.4 Å². The van der Waals surface area contributed by atoms with Crippen LogP contribution in [0.15, 0.2) is 33.5 Å². The number of hydrogen-bond acceptors (Lipinski definition) is 6. The number of aromatic hydroxyl groups is 2. The van der Waals surface area contributed by atoms with Crippen molar-refractivity contribution in [3.63, 3.8) is 0 Å². The minimum absolute atomic E-state index is 0.0353. The van der Waals surface area contributed by atoms with E-state index in [1.165, 1.54) is 13.2 Å². The summed E-state index contributed by atoms with van der Waals surface area (Å²) < 4.78 is 16.9. The lowest BCUT2D eigenvalue weighted by Gasteiger charge is -2.16. The molecule has 178 valence electrons.